The zero-order chi connectivity index (χ0) is 20.3. The molecule has 1 aromatic carbocycles. The van der Waals surface area contributed by atoms with E-state index in [-0.39, 0.29) is 23.4 Å². The molecule has 1 saturated heterocycles. The van der Waals surface area contributed by atoms with Gasteiger partial charge in [0.05, 0.1) is 7.11 Å². The summed E-state index contributed by atoms with van der Waals surface area (Å²) < 4.78 is 11.6. The molecule has 1 saturated carbocycles. The van der Waals surface area contributed by atoms with Crippen molar-refractivity contribution in [1.29, 1.82) is 0 Å². The van der Waals surface area contributed by atoms with E-state index < -0.39 is 0 Å². The second-order valence-electron chi connectivity index (χ2n) is 9.20. The second-order valence-corrected chi connectivity index (χ2v) is 9.20. The van der Waals surface area contributed by atoms with Crippen molar-refractivity contribution in [3.05, 3.63) is 35.9 Å². The van der Waals surface area contributed by atoms with Crippen molar-refractivity contribution >= 4 is 11.7 Å². The summed E-state index contributed by atoms with van der Waals surface area (Å²) in [5, 5.41) is 0. The number of ether oxygens (including phenoxy) is 2. The van der Waals surface area contributed by atoms with Crippen LogP contribution in [0.3, 0.4) is 0 Å². The number of rotatable bonds is 4. The predicted octanol–water partition coefficient (Wildman–Crippen LogP) is 3.37. The molecule has 6 atom stereocenters. The molecule has 1 aromatic rings. The highest BCUT2D eigenvalue weighted by Gasteiger charge is 2.68. The third-order valence-electron chi connectivity index (χ3n) is 7.96. The van der Waals surface area contributed by atoms with Crippen LogP contribution >= 0.6 is 0 Å². The van der Waals surface area contributed by atoms with Gasteiger partial charge in [0.15, 0.2) is 0 Å². The van der Waals surface area contributed by atoms with Crippen molar-refractivity contribution in [3.8, 4) is 5.75 Å². The minimum atomic E-state index is -0.160. The number of nitrogens with zero attached hydrogens (tertiary/aromatic N) is 2. The Hall–Kier alpha value is -2.01. The van der Waals surface area contributed by atoms with Gasteiger partial charge in [-0.25, -0.2) is 0 Å². The maximum absolute atomic E-state index is 12.1. The number of fused-ring (bicyclic) bond motifs is 1. The Bertz CT molecular complexity index is 853. The third-order valence-corrected chi connectivity index (χ3v) is 7.96. The Labute approximate surface area is 173 Å². The summed E-state index contributed by atoms with van der Waals surface area (Å²) in [6, 6.07) is 7.34. The maximum atomic E-state index is 12.1. The molecule has 0 radical (unpaired) electrons. The van der Waals surface area contributed by atoms with Gasteiger partial charge >= 0.3 is 5.97 Å². The molecule has 0 aromatic heterocycles. The van der Waals surface area contributed by atoms with Crippen molar-refractivity contribution < 1.29 is 14.3 Å². The Morgan fingerprint density at radius 1 is 1.31 bits per heavy atom. The number of carbonyl (C=O) groups excluding carboxylic acids is 1. The highest BCUT2D eigenvalue weighted by Crippen LogP contribution is 2.62. The van der Waals surface area contributed by atoms with E-state index in [1.807, 2.05) is 0 Å². The van der Waals surface area contributed by atoms with Crippen molar-refractivity contribution in [2.24, 2.45) is 11.8 Å². The lowest BCUT2D eigenvalue weighted by atomic mass is 9.55. The molecule has 5 heteroatoms. The van der Waals surface area contributed by atoms with Crippen LogP contribution < -0.4 is 9.64 Å². The van der Waals surface area contributed by atoms with Crippen LogP contribution in [0.1, 0.15) is 38.7 Å². The molecule has 0 N–H and O–H groups in total. The molecular weight excluding hydrogens is 364 g/mol. The van der Waals surface area contributed by atoms with Crippen molar-refractivity contribution in [3.63, 3.8) is 0 Å². The Kier molecular flexibility index (Phi) is 4.43. The molecule has 5 nitrogen and oxygen atoms in total. The van der Waals surface area contributed by atoms with Crippen molar-refractivity contribution in [2.45, 2.75) is 56.7 Å². The van der Waals surface area contributed by atoms with E-state index in [0.29, 0.717) is 18.0 Å². The molecule has 156 valence electrons. The number of methoxy groups -OCH3 is 1. The molecule has 0 bridgehead atoms. The fourth-order valence-corrected chi connectivity index (χ4v) is 7.22. The number of hydrogen-bond donors (Lipinski definition) is 0. The van der Waals surface area contributed by atoms with E-state index >= 15 is 0 Å². The molecule has 29 heavy (non-hydrogen) atoms. The van der Waals surface area contributed by atoms with E-state index in [0.717, 1.165) is 38.1 Å². The van der Waals surface area contributed by atoms with E-state index in [2.05, 4.69) is 54.1 Å². The van der Waals surface area contributed by atoms with Crippen molar-refractivity contribution in [1.82, 2.24) is 4.90 Å². The monoisotopic (exact) mass is 396 g/mol. The Balaban J connectivity index is 1.71. The Morgan fingerprint density at radius 3 is 2.86 bits per heavy atom. The van der Waals surface area contributed by atoms with E-state index in [9.17, 15) is 4.79 Å². The summed E-state index contributed by atoms with van der Waals surface area (Å²) in [7, 11) is 3.96. The summed E-state index contributed by atoms with van der Waals surface area (Å²) in [5.74, 6) is 1.32. The quantitative estimate of drug-likeness (QED) is 0.577. The van der Waals surface area contributed by atoms with E-state index in [1.54, 1.807) is 14.0 Å². The molecule has 3 aliphatic heterocycles. The van der Waals surface area contributed by atoms with Gasteiger partial charge in [0, 0.05) is 61.6 Å². The SMILES string of the molecule is CCCC1C(OC(C)=O)C2C=CCN3CCC4(c5ccc(OC)cc5N(C)C14)C23. The summed E-state index contributed by atoms with van der Waals surface area (Å²) in [6.07, 6.45) is 7.89. The molecule has 2 fully saturated rings. The molecule has 1 aliphatic carbocycles. The van der Waals surface area contributed by atoms with Gasteiger partial charge in [-0.05, 0) is 31.0 Å². The minimum absolute atomic E-state index is 0.0635. The number of benzene rings is 1. The fraction of sp³-hybridized carbons (Fsp3) is 0.625. The maximum Gasteiger partial charge on any atom is 0.302 e. The van der Waals surface area contributed by atoms with Crippen LogP contribution in [0.15, 0.2) is 30.4 Å². The first-order chi connectivity index (χ1) is 14.0. The van der Waals surface area contributed by atoms with Gasteiger partial charge in [-0.1, -0.05) is 31.6 Å². The fourth-order valence-electron chi connectivity index (χ4n) is 7.22. The van der Waals surface area contributed by atoms with Gasteiger partial charge in [-0.3, -0.25) is 9.69 Å². The number of likely N-dealkylation sites (N-methyl/N-ethyl adjacent to an activating group) is 1. The summed E-state index contributed by atoms with van der Waals surface area (Å²) >= 11 is 0. The zero-order valence-electron chi connectivity index (χ0n) is 17.9. The first-order valence-electron chi connectivity index (χ1n) is 11.0. The molecule has 5 rings (SSSR count). The Morgan fingerprint density at radius 2 is 2.14 bits per heavy atom. The number of esters is 1. The van der Waals surface area contributed by atoms with Gasteiger partial charge in [0.25, 0.3) is 0 Å². The summed E-state index contributed by atoms with van der Waals surface area (Å²) in [4.78, 5) is 17.2. The minimum Gasteiger partial charge on any atom is -0.497 e. The van der Waals surface area contributed by atoms with Crippen LogP contribution in [-0.4, -0.2) is 56.3 Å². The van der Waals surface area contributed by atoms with Crippen LogP contribution in [0.25, 0.3) is 0 Å². The lowest BCUT2D eigenvalue weighted by Gasteiger charge is -2.56. The lowest BCUT2D eigenvalue weighted by molar-refractivity contribution is -0.159. The van der Waals surface area contributed by atoms with E-state index in [4.69, 9.17) is 9.47 Å². The molecule has 1 spiro atoms. The topological polar surface area (TPSA) is 42.0 Å². The highest BCUT2D eigenvalue weighted by molar-refractivity contribution is 5.70. The molecule has 6 unspecified atom stereocenters. The van der Waals surface area contributed by atoms with Crippen LogP contribution in [0.5, 0.6) is 5.75 Å². The van der Waals surface area contributed by atoms with Gasteiger partial charge in [0.1, 0.15) is 11.9 Å². The molecule has 0 amide bonds. The molecule has 3 heterocycles. The van der Waals surface area contributed by atoms with Crippen LogP contribution in [0, 0.1) is 11.8 Å². The molecule has 4 aliphatic rings. The average molecular weight is 397 g/mol. The zero-order valence-corrected chi connectivity index (χ0v) is 17.9. The highest BCUT2D eigenvalue weighted by atomic mass is 16.5. The smallest absolute Gasteiger partial charge is 0.302 e. The second kappa shape index (κ2) is 6.76. The van der Waals surface area contributed by atoms with Gasteiger partial charge in [0.2, 0.25) is 0 Å². The van der Waals surface area contributed by atoms with Crippen LogP contribution in [0.4, 0.5) is 5.69 Å². The average Bonchev–Trinajstić information content (AvgIpc) is 3.22. The predicted molar refractivity (Wildman–Crippen MR) is 113 cm³/mol. The summed E-state index contributed by atoms with van der Waals surface area (Å²) in [6.45, 7) is 5.90. The van der Waals surface area contributed by atoms with Crippen LogP contribution in [0.2, 0.25) is 0 Å². The van der Waals surface area contributed by atoms with Crippen molar-refractivity contribution in [2.75, 3.05) is 32.1 Å². The van der Waals surface area contributed by atoms with Crippen LogP contribution in [-0.2, 0) is 14.9 Å². The number of carbonyl (C=O) groups is 1. The largest absolute Gasteiger partial charge is 0.497 e. The van der Waals surface area contributed by atoms with E-state index in [1.165, 1.54) is 11.3 Å². The molecular formula is C24H32N2O3. The number of anilines is 1. The van der Waals surface area contributed by atoms with Gasteiger partial charge in [-0.15, -0.1) is 0 Å². The summed E-state index contributed by atoms with van der Waals surface area (Å²) in [5.41, 5.74) is 2.83. The lowest BCUT2D eigenvalue weighted by Crippen LogP contribution is -2.67. The third kappa shape index (κ3) is 2.46. The number of hydrogen-bond acceptors (Lipinski definition) is 5. The normalized spacial score (nSPS) is 37.1. The first-order valence-corrected chi connectivity index (χ1v) is 11.0. The van der Waals surface area contributed by atoms with Gasteiger partial charge in [-0.2, -0.15) is 0 Å². The van der Waals surface area contributed by atoms with Gasteiger partial charge < -0.3 is 14.4 Å². The standard InChI is InChI=1S/C24H32N2O3/c1-5-7-17-21(29-15(2)27)18-8-6-12-26-13-11-24(23(18)26)19-10-9-16(28-4)14-20(19)25(3)22(17)24/h6,8-10,14,17-18,21-23H,5,7,11-13H2,1-4H3. The first kappa shape index (κ1) is 19.0.